The molecule has 0 nitrogen and oxygen atoms in total. The van der Waals surface area contributed by atoms with Gasteiger partial charge >= 0.3 is 18.5 Å². The Morgan fingerprint density at radius 1 is 0.833 bits per heavy atom. The van der Waals surface area contributed by atoms with E-state index in [4.69, 9.17) is 0 Å². The SMILES string of the molecule is CCCCC([C](C(F)(F)F)C(F)(F)F)C(F)(F)F. The van der Waals surface area contributed by atoms with Crippen LogP contribution in [0.15, 0.2) is 0 Å². The fourth-order valence-electron chi connectivity index (χ4n) is 1.44. The highest BCUT2D eigenvalue weighted by molar-refractivity contribution is 5.11. The molecule has 0 aromatic rings. The van der Waals surface area contributed by atoms with Gasteiger partial charge in [0.15, 0.2) is 5.92 Å². The van der Waals surface area contributed by atoms with Crippen LogP contribution in [0.2, 0.25) is 0 Å². The summed E-state index contributed by atoms with van der Waals surface area (Å²) < 4.78 is 110. The van der Waals surface area contributed by atoms with Crippen molar-refractivity contribution >= 4 is 0 Å². The van der Waals surface area contributed by atoms with Crippen molar-refractivity contribution in [2.24, 2.45) is 5.92 Å². The Morgan fingerprint density at radius 3 is 1.44 bits per heavy atom. The molecule has 1 radical (unpaired) electrons. The van der Waals surface area contributed by atoms with Gasteiger partial charge in [0.1, 0.15) is 0 Å². The lowest BCUT2D eigenvalue weighted by Gasteiger charge is -2.31. The predicted octanol–water partition coefficient (Wildman–Crippen LogP) is 5.05. The van der Waals surface area contributed by atoms with Gasteiger partial charge in [0.25, 0.3) is 0 Å². The normalized spacial score (nSPS) is 16.2. The summed E-state index contributed by atoms with van der Waals surface area (Å²) in [5.74, 6) is -6.91. The number of unbranched alkanes of at least 4 members (excludes halogenated alkanes) is 1. The summed E-state index contributed by atoms with van der Waals surface area (Å²) in [5, 5.41) is 0. The van der Waals surface area contributed by atoms with Crippen LogP contribution in [0.1, 0.15) is 26.2 Å². The fourth-order valence-corrected chi connectivity index (χ4v) is 1.44. The molecule has 0 fully saturated rings. The topological polar surface area (TPSA) is 0 Å². The summed E-state index contributed by atoms with van der Waals surface area (Å²) in [4.78, 5) is 0. The minimum Gasteiger partial charge on any atom is -0.171 e. The molecule has 0 rings (SSSR count). The minimum atomic E-state index is -6.05. The van der Waals surface area contributed by atoms with Crippen LogP contribution in [0.4, 0.5) is 39.5 Å². The van der Waals surface area contributed by atoms with E-state index in [1.807, 2.05) is 0 Å². The van der Waals surface area contributed by atoms with Crippen molar-refractivity contribution in [1.82, 2.24) is 0 Å². The summed E-state index contributed by atoms with van der Waals surface area (Å²) in [6.45, 7) is 1.37. The molecular formula is C9H10F9. The zero-order valence-electron chi connectivity index (χ0n) is 9.10. The molecule has 1 atom stereocenters. The van der Waals surface area contributed by atoms with Crippen LogP contribution in [0.25, 0.3) is 0 Å². The van der Waals surface area contributed by atoms with E-state index < -0.39 is 36.8 Å². The molecule has 0 aromatic heterocycles. The van der Waals surface area contributed by atoms with Crippen LogP contribution >= 0.6 is 0 Å². The Bertz CT molecular complexity index is 232. The Labute approximate surface area is 97.1 Å². The van der Waals surface area contributed by atoms with E-state index in [0.717, 1.165) is 0 Å². The van der Waals surface area contributed by atoms with Crippen molar-refractivity contribution in [3.05, 3.63) is 5.92 Å². The van der Waals surface area contributed by atoms with Gasteiger partial charge in [-0.25, -0.2) is 0 Å². The first-order valence-electron chi connectivity index (χ1n) is 4.89. The number of halogens is 9. The molecule has 0 saturated heterocycles. The molecule has 0 aliphatic heterocycles. The maximum absolute atomic E-state index is 12.3. The summed E-state index contributed by atoms with van der Waals surface area (Å²) in [7, 11) is 0. The Balaban J connectivity index is 5.37. The lowest BCUT2D eigenvalue weighted by molar-refractivity contribution is -0.258. The standard InChI is InChI=1S/C9H10F9/c1-2-3-4-5(7(10,11)12)6(8(13,14)15)9(16,17)18/h5H,2-4H2,1H3. The average molecular weight is 289 g/mol. The highest BCUT2D eigenvalue weighted by atomic mass is 19.4. The van der Waals surface area contributed by atoms with Crippen molar-refractivity contribution in [2.75, 3.05) is 0 Å². The van der Waals surface area contributed by atoms with Crippen molar-refractivity contribution in [3.8, 4) is 0 Å². The third-order valence-corrected chi connectivity index (χ3v) is 2.20. The van der Waals surface area contributed by atoms with Crippen molar-refractivity contribution in [2.45, 2.75) is 44.7 Å². The second-order valence-corrected chi connectivity index (χ2v) is 3.65. The van der Waals surface area contributed by atoms with Crippen molar-refractivity contribution < 1.29 is 39.5 Å². The van der Waals surface area contributed by atoms with Crippen molar-refractivity contribution in [1.29, 1.82) is 0 Å². The van der Waals surface area contributed by atoms with Gasteiger partial charge in [0.05, 0.1) is 5.92 Å². The van der Waals surface area contributed by atoms with Gasteiger partial charge in [-0.3, -0.25) is 0 Å². The second kappa shape index (κ2) is 5.56. The Kier molecular flexibility index (Phi) is 5.37. The predicted molar refractivity (Wildman–Crippen MR) is 44.4 cm³/mol. The molecular weight excluding hydrogens is 279 g/mol. The molecule has 0 amide bonds. The van der Waals surface area contributed by atoms with Gasteiger partial charge in [-0.2, -0.15) is 39.5 Å². The highest BCUT2D eigenvalue weighted by Crippen LogP contribution is 2.52. The van der Waals surface area contributed by atoms with Gasteiger partial charge in [-0.15, -0.1) is 0 Å². The molecule has 0 bridgehead atoms. The molecule has 1 unspecified atom stereocenters. The van der Waals surface area contributed by atoms with Gasteiger partial charge in [-0.05, 0) is 6.42 Å². The van der Waals surface area contributed by atoms with Gasteiger partial charge in [-0.1, -0.05) is 19.8 Å². The van der Waals surface area contributed by atoms with E-state index in [9.17, 15) is 39.5 Å². The Morgan fingerprint density at radius 2 is 1.22 bits per heavy atom. The maximum Gasteiger partial charge on any atom is 0.405 e. The number of hydrogen-bond acceptors (Lipinski definition) is 0. The molecule has 0 aliphatic carbocycles. The van der Waals surface area contributed by atoms with E-state index in [2.05, 4.69) is 0 Å². The first-order chi connectivity index (χ1) is 7.81. The quantitative estimate of drug-likeness (QED) is 0.635. The molecule has 0 aliphatic rings. The third-order valence-electron chi connectivity index (χ3n) is 2.20. The van der Waals surface area contributed by atoms with Crippen LogP contribution in [-0.2, 0) is 0 Å². The van der Waals surface area contributed by atoms with Crippen LogP contribution in [-0.4, -0.2) is 18.5 Å². The largest absolute Gasteiger partial charge is 0.405 e. The number of alkyl halides is 9. The van der Waals surface area contributed by atoms with Crippen LogP contribution in [0, 0.1) is 11.8 Å². The van der Waals surface area contributed by atoms with Gasteiger partial charge in [0.2, 0.25) is 0 Å². The first-order valence-corrected chi connectivity index (χ1v) is 4.89. The third kappa shape index (κ3) is 4.93. The molecule has 109 valence electrons. The Hall–Kier alpha value is -0.630. The minimum absolute atomic E-state index is 0.0651. The van der Waals surface area contributed by atoms with E-state index in [-0.39, 0.29) is 12.8 Å². The summed E-state index contributed by atoms with van der Waals surface area (Å²) in [6.07, 6.45) is -19.2. The molecule has 0 spiro atoms. The second-order valence-electron chi connectivity index (χ2n) is 3.65. The number of rotatable bonds is 4. The summed E-state index contributed by atoms with van der Waals surface area (Å²) >= 11 is 0. The smallest absolute Gasteiger partial charge is 0.171 e. The number of hydrogen-bond donors (Lipinski definition) is 0. The molecule has 9 heteroatoms. The molecule has 0 aromatic carbocycles. The van der Waals surface area contributed by atoms with E-state index >= 15 is 0 Å². The molecule has 0 heterocycles. The van der Waals surface area contributed by atoms with Crippen molar-refractivity contribution in [3.63, 3.8) is 0 Å². The first kappa shape index (κ1) is 17.4. The maximum atomic E-state index is 12.3. The fraction of sp³-hybridized carbons (Fsp3) is 0.889. The molecule has 0 N–H and O–H groups in total. The average Bonchev–Trinajstić information content (AvgIpc) is 2.05. The van der Waals surface area contributed by atoms with E-state index in [1.165, 1.54) is 6.92 Å². The summed E-state index contributed by atoms with van der Waals surface area (Å²) in [5.41, 5.74) is 0. The van der Waals surface area contributed by atoms with Crippen LogP contribution in [0.3, 0.4) is 0 Å². The molecule has 18 heavy (non-hydrogen) atoms. The summed E-state index contributed by atoms with van der Waals surface area (Å²) in [6, 6.07) is 0. The highest BCUT2D eigenvalue weighted by Gasteiger charge is 2.66. The van der Waals surface area contributed by atoms with Crippen LogP contribution < -0.4 is 0 Å². The van der Waals surface area contributed by atoms with Crippen LogP contribution in [0.5, 0.6) is 0 Å². The zero-order valence-corrected chi connectivity index (χ0v) is 9.10. The lowest BCUT2D eigenvalue weighted by Crippen LogP contribution is -2.45. The van der Waals surface area contributed by atoms with Gasteiger partial charge < -0.3 is 0 Å². The molecule has 0 saturated carbocycles. The van der Waals surface area contributed by atoms with E-state index in [0.29, 0.717) is 0 Å². The van der Waals surface area contributed by atoms with Gasteiger partial charge in [0, 0.05) is 0 Å². The van der Waals surface area contributed by atoms with E-state index in [1.54, 1.807) is 0 Å². The zero-order chi connectivity index (χ0) is 14.8. The monoisotopic (exact) mass is 289 g/mol. The lowest BCUT2D eigenvalue weighted by atomic mass is 9.86.